The number of nitrogens with one attached hydrogen (secondary N) is 1. The zero-order valence-corrected chi connectivity index (χ0v) is 12.2. The van der Waals surface area contributed by atoms with Crippen LogP contribution in [0.15, 0.2) is 35.0 Å². The fourth-order valence-corrected chi connectivity index (χ4v) is 1.92. The number of hydrogen-bond acceptors (Lipinski definition) is 5. The average molecular weight is 298 g/mol. The molecule has 0 fully saturated rings. The Morgan fingerprint density at radius 3 is 2.80 bits per heavy atom. The molecule has 0 aromatic heterocycles. The molecule has 6 heteroatoms. The number of ether oxygens (including phenoxy) is 3. The van der Waals surface area contributed by atoms with Gasteiger partial charge in [0.1, 0.15) is 11.4 Å². The van der Waals surface area contributed by atoms with Gasteiger partial charge in [0.05, 0.1) is 13.2 Å². The third-order valence-electron chi connectivity index (χ3n) is 2.61. The molecule has 0 amide bonds. The Kier molecular flexibility index (Phi) is 4.52. The highest BCUT2D eigenvalue weighted by molar-refractivity contribution is 6.42. The fourth-order valence-electron chi connectivity index (χ4n) is 1.73. The summed E-state index contributed by atoms with van der Waals surface area (Å²) in [5, 5.41) is 3.05. The number of cyclic esters (lactones) is 1. The highest BCUT2D eigenvalue weighted by atomic mass is 35.5. The lowest BCUT2D eigenvalue weighted by Gasteiger charge is -2.18. The molecule has 1 N–H and O–H groups in total. The van der Waals surface area contributed by atoms with Gasteiger partial charge in [-0.2, -0.15) is 0 Å². The van der Waals surface area contributed by atoms with Crippen LogP contribution >= 0.6 is 11.6 Å². The molecule has 0 saturated carbocycles. The second-order valence-corrected chi connectivity index (χ2v) is 4.88. The number of hydrogen-bond donors (Lipinski definition) is 1. The molecule has 1 aliphatic heterocycles. The first kappa shape index (κ1) is 14.7. The molecular formula is C14H16ClNO4. The largest absolute Gasteiger partial charge is 0.497 e. The van der Waals surface area contributed by atoms with Gasteiger partial charge in [-0.15, -0.1) is 0 Å². The summed E-state index contributed by atoms with van der Waals surface area (Å²) in [4.78, 5) is 11.5. The van der Waals surface area contributed by atoms with Crippen molar-refractivity contribution in [3.05, 3.63) is 35.0 Å². The Morgan fingerprint density at radius 1 is 1.40 bits per heavy atom. The number of rotatable bonds is 5. The van der Waals surface area contributed by atoms with Crippen LogP contribution in [-0.4, -0.2) is 25.5 Å². The quantitative estimate of drug-likeness (QED) is 0.847. The van der Waals surface area contributed by atoms with E-state index in [0.29, 0.717) is 11.4 Å². The standard InChI is InChI=1S/C14H16ClNO4/c1-8(2)19-14-12(11(15)13(17)20-14)16-9-5-4-6-10(7-9)18-3/h4-8,14,16H,1-3H3/t14-/m1/s1. The fraction of sp³-hybridized carbons (Fsp3) is 0.357. The van der Waals surface area contributed by atoms with E-state index in [-0.39, 0.29) is 11.1 Å². The van der Waals surface area contributed by atoms with E-state index in [1.54, 1.807) is 13.2 Å². The van der Waals surface area contributed by atoms with Gasteiger partial charge in [-0.05, 0) is 26.0 Å². The maximum absolute atomic E-state index is 11.5. The van der Waals surface area contributed by atoms with Crippen LogP contribution in [0.4, 0.5) is 5.69 Å². The smallest absolute Gasteiger partial charge is 0.354 e. The van der Waals surface area contributed by atoms with Crippen LogP contribution in [0.5, 0.6) is 5.75 Å². The van der Waals surface area contributed by atoms with Crippen LogP contribution in [-0.2, 0) is 14.3 Å². The van der Waals surface area contributed by atoms with Crippen molar-refractivity contribution in [2.75, 3.05) is 12.4 Å². The molecule has 0 radical (unpaired) electrons. The van der Waals surface area contributed by atoms with Gasteiger partial charge in [0.15, 0.2) is 5.03 Å². The zero-order valence-electron chi connectivity index (χ0n) is 11.5. The summed E-state index contributed by atoms with van der Waals surface area (Å²) >= 11 is 5.96. The number of benzene rings is 1. The van der Waals surface area contributed by atoms with Gasteiger partial charge in [0.2, 0.25) is 6.29 Å². The van der Waals surface area contributed by atoms with Crippen LogP contribution in [0, 0.1) is 0 Å². The molecule has 20 heavy (non-hydrogen) atoms. The zero-order chi connectivity index (χ0) is 14.7. The molecular weight excluding hydrogens is 282 g/mol. The molecule has 0 unspecified atom stereocenters. The Labute approximate surface area is 122 Å². The molecule has 1 aromatic carbocycles. The van der Waals surface area contributed by atoms with Gasteiger partial charge in [0, 0.05) is 11.8 Å². The topological polar surface area (TPSA) is 56.8 Å². The summed E-state index contributed by atoms with van der Waals surface area (Å²) in [6, 6.07) is 7.26. The predicted octanol–water partition coefficient (Wildman–Crippen LogP) is 2.87. The van der Waals surface area contributed by atoms with E-state index in [1.807, 2.05) is 32.0 Å². The van der Waals surface area contributed by atoms with Crippen molar-refractivity contribution in [2.24, 2.45) is 0 Å². The average Bonchev–Trinajstić information content (AvgIpc) is 2.66. The van der Waals surface area contributed by atoms with Crippen molar-refractivity contribution < 1.29 is 19.0 Å². The van der Waals surface area contributed by atoms with Crippen molar-refractivity contribution in [3.63, 3.8) is 0 Å². The van der Waals surface area contributed by atoms with E-state index >= 15 is 0 Å². The van der Waals surface area contributed by atoms with E-state index < -0.39 is 12.3 Å². The highest BCUT2D eigenvalue weighted by Gasteiger charge is 2.34. The van der Waals surface area contributed by atoms with Crippen LogP contribution in [0.1, 0.15) is 13.8 Å². The molecule has 1 aliphatic rings. The van der Waals surface area contributed by atoms with E-state index in [4.69, 9.17) is 25.8 Å². The van der Waals surface area contributed by atoms with Crippen molar-refractivity contribution in [3.8, 4) is 5.75 Å². The number of halogens is 1. The molecule has 5 nitrogen and oxygen atoms in total. The van der Waals surface area contributed by atoms with Crippen molar-refractivity contribution >= 4 is 23.3 Å². The van der Waals surface area contributed by atoms with Crippen LogP contribution in [0.25, 0.3) is 0 Å². The van der Waals surface area contributed by atoms with Crippen LogP contribution < -0.4 is 10.1 Å². The van der Waals surface area contributed by atoms with Gasteiger partial charge < -0.3 is 19.5 Å². The van der Waals surface area contributed by atoms with Crippen molar-refractivity contribution in [2.45, 2.75) is 26.2 Å². The number of carbonyl (C=O) groups excluding carboxylic acids is 1. The lowest BCUT2D eigenvalue weighted by molar-refractivity contribution is -0.165. The minimum absolute atomic E-state index is 0.00142. The summed E-state index contributed by atoms with van der Waals surface area (Å²) in [5.41, 5.74) is 1.13. The number of methoxy groups -OCH3 is 1. The van der Waals surface area contributed by atoms with Crippen LogP contribution in [0.2, 0.25) is 0 Å². The third-order valence-corrected chi connectivity index (χ3v) is 2.97. The summed E-state index contributed by atoms with van der Waals surface area (Å²) in [5.74, 6) is 0.0982. The number of esters is 1. The van der Waals surface area contributed by atoms with Crippen molar-refractivity contribution in [1.29, 1.82) is 0 Å². The second kappa shape index (κ2) is 6.15. The molecule has 2 rings (SSSR count). The van der Waals surface area contributed by atoms with Gasteiger partial charge in [-0.25, -0.2) is 4.79 Å². The van der Waals surface area contributed by atoms with Gasteiger partial charge >= 0.3 is 5.97 Å². The first-order valence-electron chi connectivity index (χ1n) is 6.18. The predicted molar refractivity (Wildman–Crippen MR) is 75.6 cm³/mol. The number of anilines is 1. The molecule has 1 heterocycles. The molecule has 0 aliphatic carbocycles. The third kappa shape index (κ3) is 3.23. The normalized spacial score (nSPS) is 18.4. The van der Waals surface area contributed by atoms with Gasteiger partial charge in [-0.1, -0.05) is 17.7 Å². The lowest BCUT2D eigenvalue weighted by atomic mass is 10.3. The van der Waals surface area contributed by atoms with E-state index in [2.05, 4.69) is 5.32 Å². The molecule has 1 aromatic rings. The monoisotopic (exact) mass is 297 g/mol. The minimum Gasteiger partial charge on any atom is -0.497 e. The molecule has 0 spiro atoms. The van der Waals surface area contributed by atoms with E-state index in [1.165, 1.54) is 0 Å². The second-order valence-electron chi connectivity index (χ2n) is 4.51. The first-order valence-corrected chi connectivity index (χ1v) is 6.56. The van der Waals surface area contributed by atoms with Gasteiger partial charge in [-0.3, -0.25) is 0 Å². The maximum Gasteiger partial charge on any atom is 0.354 e. The Hall–Kier alpha value is -1.72. The van der Waals surface area contributed by atoms with Crippen LogP contribution in [0.3, 0.4) is 0 Å². The Balaban J connectivity index is 2.21. The highest BCUT2D eigenvalue weighted by Crippen LogP contribution is 2.29. The Bertz CT molecular complexity index is 542. The maximum atomic E-state index is 11.5. The first-order chi connectivity index (χ1) is 9.51. The minimum atomic E-state index is -0.818. The summed E-state index contributed by atoms with van der Waals surface area (Å²) in [6.45, 7) is 3.70. The summed E-state index contributed by atoms with van der Waals surface area (Å²) in [6.07, 6.45) is -0.918. The SMILES string of the molecule is COc1cccc(NC2=C(Cl)C(=O)O[C@H]2OC(C)C)c1. The Morgan fingerprint density at radius 2 is 2.15 bits per heavy atom. The number of carbonyl (C=O) groups is 1. The lowest BCUT2D eigenvalue weighted by Crippen LogP contribution is -2.23. The molecule has 0 bridgehead atoms. The van der Waals surface area contributed by atoms with E-state index in [0.717, 1.165) is 5.69 Å². The molecule has 0 saturated heterocycles. The summed E-state index contributed by atoms with van der Waals surface area (Å²) in [7, 11) is 1.58. The van der Waals surface area contributed by atoms with Crippen molar-refractivity contribution in [1.82, 2.24) is 0 Å². The van der Waals surface area contributed by atoms with E-state index in [9.17, 15) is 4.79 Å². The van der Waals surface area contributed by atoms with Gasteiger partial charge in [0.25, 0.3) is 0 Å². The molecule has 108 valence electrons. The summed E-state index contributed by atoms with van der Waals surface area (Å²) < 4.78 is 15.7. The molecule has 1 atom stereocenters.